The molecule has 0 aromatic heterocycles. The Hall–Kier alpha value is -5.08. The lowest BCUT2D eigenvalue weighted by atomic mass is 9.94. The van der Waals surface area contributed by atoms with Crippen LogP contribution in [0.5, 0.6) is 0 Å². The number of nitrogens with one attached hydrogen (secondary N) is 3. The van der Waals surface area contributed by atoms with E-state index in [-0.39, 0.29) is 90.7 Å². The average molecular weight is 909 g/mol. The van der Waals surface area contributed by atoms with Gasteiger partial charge in [0, 0.05) is 75.2 Å². The fourth-order valence-corrected chi connectivity index (χ4v) is 11.1. The van der Waals surface area contributed by atoms with Gasteiger partial charge in [0.05, 0.1) is 16.7 Å². The Labute approximate surface area is 385 Å². The maximum atomic E-state index is 14.3. The molecule has 7 rings (SSSR count). The van der Waals surface area contributed by atoms with Crippen LogP contribution in [0, 0.1) is 11.8 Å². The van der Waals surface area contributed by atoms with Crippen molar-refractivity contribution in [1.29, 1.82) is 0 Å². The Morgan fingerprint density at radius 1 is 0.615 bits per heavy atom. The summed E-state index contributed by atoms with van der Waals surface area (Å²) in [5, 5.41) is 9.32. The van der Waals surface area contributed by atoms with Gasteiger partial charge in [0.25, 0.3) is 5.91 Å². The number of hydrogen-bond acceptors (Lipinski definition) is 7. The lowest BCUT2D eigenvalue weighted by Gasteiger charge is -2.31. The predicted molar refractivity (Wildman–Crippen MR) is 250 cm³/mol. The molecule has 4 fully saturated rings. The molecule has 65 heavy (non-hydrogen) atoms. The summed E-state index contributed by atoms with van der Waals surface area (Å²) in [5.41, 5.74) is 2.53. The van der Waals surface area contributed by atoms with Gasteiger partial charge in [-0.1, -0.05) is 119 Å². The van der Waals surface area contributed by atoms with Crippen molar-refractivity contribution in [2.45, 2.75) is 132 Å². The number of likely N-dealkylation sites (tertiary alicyclic amines) is 1. The van der Waals surface area contributed by atoms with E-state index in [4.69, 9.17) is 0 Å². The van der Waals surface area contributed by atoms with Crippen LogP contribution in [0.25, 0.3) is 0 Å². The molecule has 3 aromatic carbocycles. The van der Waals surface area contributed by atoms with E-state index < -0.39 is 33.8 Å². The summed E-state index contributed by atoms with van der Waals surface area (Å²) in [6.45, 7) is 5.02. The summed E-state index contributed by atoms with van der Waals surface area (Å²) in [6.07, 6.45) is 11.1. The molecule has 2 saturated carbocycles. The van der Waals surface area contributed by atoms with Crippen LogP contribution in [0.1, 0.15) is 131 Å². The van der Waals surface area contributed by atoms with Crippen molar-refractivity contribution in [3.63, 3.8) is 0 Å². The highest BCUT2D eigenvalue weighted by Crippen LogP contribution is 2.43. The summed E-state index contributed by atoms with van der Waals surface area (Å²) < 4.78 is 29.9. The number of carbonyl (C=O) groups is 5. The Bertz CT molecular complexity index is 2130. The number of carbonyl (C=O) groups excluding carboxylic acids is 5. The number of amides is 5. The first-order valence-corrected chi connectivity index (χ1v) is 25.6. The molecule has 5 amide bonds. The number of unbranched alkanes of at least 4 members (excludes halogenated alkanes) is 7. The zero-order valence-electron chi connectivity index (χ0n) is 38.2. The minimum Gasteiger partial charge on any atom is -0.354 e. The van der Waals surface area contributed by atoms with Crippen molar-refractivity contribution in [1.82, 2.24) is 30.1 Å². The van der Waals surface area contributed by atoms with Crippen molar-refractivity contribution >= 4 is 39.6 Å². The molecule has 3 aromatic rings. The average Bonchev–Trinajstić information content (AvgIpc) is 4.24. The predicted octanol–water partition coefficient (Wildman–Crippen LogP) is 6.37. The van der Waals surface area contributed by atoms with E-state index >= 15 is 0 Å². The van der Waals surface area contributed by atoms with Crippen molar-refractivity contribution in [3.8, 4) is 0 Å². The zero-order chi connectivity index (χ0) is 45.9. The maximum Gasteiger partial charge on any atom is 0.253 e. The highest BCUT2D eigenvalue weighted by Gasteiger charge is 2.49. The summed E-state index contributed by atoms with van der Waals surface area (Å²) >= 11 is 0. The molecule has 3 N–H and O–H groups in total. The summed E-state index contributed by atoms with van der Waals surface area (Å²) in [5.74, 6) is -2.53. The van der Waals surface area contributed by atoms with Crippen LogP contribution in [-0.4, -0.2) is 109 Å². The molecular formula is C51H68N6O7S. The lowest BCUT2D eigenvalue weighted by molar-refractivity contribution is -0.140. The van der Waals surface area contributed by atoms with Crippen LogP contribution < -0.4 is 16.0 Å². The van der Waals surface area contributed by atoms with E-state index in [1.165, 1.54) is 33.5 Å². The van der Waals surface area contributed by atoms with Crippen LogP contribution in [0.3, 0.4) is 0 Å². The Morgan fingerprint density at radius 2 is 1.15 bits per heavy atom. The van der Waals surface area contributed by atoms with E-state index in [9.17, 15) is 32.4 Å². The van der Waals surface area contributed by atoms with Gasteiger partial charge in [0.15, 0.2) is 0 Å². The Balaban J connectivity index is 1.02. The second-order valence-corrected chi connectivity index (χ2v) is 20.5. The standard InChI is InChI=1S/C51H68N6O7S/c1-3-5-7-9-16-23-47(58)57-30-18-29-56(35-46(57)50(61)52-28-17-8-6-4-2)65(63,64)39-26-24-38(25-27-39)51(62)55-33-42(48(59)53-44-31-40(44)36-19-12-10-13-20-36)43(34-55)49(60)54-45-32-41(45)37-21-14-11-15-22-37/h10-15,19-22,24-27,40-46H,3-9,16-18,23,28-35H2,1-2H3,(H,52,61)(H,53,59)(H,54,60)/t40-,41-,42-,43-,44+,45+,46?/m1/s1. The third-order valence-electron chi connectivity index (χ3n) is 13.7. The van der Waals surface area contributed by atoms with Crippen LogP contribution in [0.4, 0.5) is 0 Å². The molecule has 0 spiro atoms. The Kier molecular flexibility index (Phi) is 16.5. The normalized spacial score (nSPS) is 24.2. The number of rotatable bonds is 21. The Morgan fingerprint density at radius 3 is 1.71 bits per heavy atom. The first kappa shape index (κ1) is 47.9. The van der Waals surface area contributed by atoms with Gasteiger partial charge < -0.3 is 25.8 Å². The third-order valence-corrected chi connectivity index (χ3v) is 15.6. The smallest absolute Gasteiger partial charge is 0.253 e. The molecular weight excluding hydrogens is 841 g/mol. The summed E-state index contributed by atoms with van der Waals surface area (Å²) in [6, 6.07) is 24.7. The number of nitrogens with zero attached hydrogens (tertiary/aromatic N) is 3. The van der Waals surface area contributed by atoms with Gasteiger partial charge in [-0.25, -0.2) is 8.42 Å². The highest BCUT2D eigenvalue weighted by molar-refractivity contribution is 7.89. The molecule has 4 aliphatic rings. The summed E-state index contributed by atoms with van der Waals surface area (Å²) in [4.78, 5) is 72.5. The molecule has 2 heterocycles. The van der Waals surface area contributed by atoms with Crippen LogP contribution in [0.15, 0.2) is 89.8 Å². The number of sulfonamides is 1. The maximum absolute atomic E-state index is 14.3. The van der Waals surface area contributed by atoms with Gasteiger partial charge in [-0.15, -0.1) is 0 Å². The van der Waals surface area contributed by atoms with E-state index in [0.29, 0.717) is 19.4 Å². The van der Waals surface area contributed by atoms with Crippen LogP contribution in [-0.2, 0) is 29.2 Å². The lowest BCUT2D eigenvalue weighted by Crippen LogP contribution is -2.53. The minimum atomic E-state index is -4.14. The number of benzene rings is 3. The molecule has 2 saturated heterocycles. The quantitative estimate of drug-likeness (QED) is 0.105. The topological polar surface area (TPSA) is 165 Å². The monoisotopic (exact) mass is 908 g/mol. The largest absolute Gasteiger partial charge is 0.354 e. The van der Waals surface area contributed by atoms with Crippen molar-refractivity contribution in [2.75, 3.05) is 39.3 Å². The number of hydrogen-bond donors (Lipinski definition) is 3. The molecule has 7 atom stereocenters. The van der Waals surface area contributed by atoms with Gasteiger partial charge in [0.1, 0.15) is 6.04 Å². The molecule has 2 aliphatic carbocycles. The zero-order valence-corrected chi connectivity index (χ0v) is 39.0. The van der Waals surface area contributed by atoms with Gasteiger partial charge >= 0.3 is 0 Å². The van der Waals surface area contributed by atoms with Crippen molar-refractivity contribution in [3.05, 3.63) is 102 Å². The second-order valence-electron chi connectivity index (χ2n) is 18.5. The van der Waals surface area contributed by atoms with Gasteiger partial charge in [-0.3, -0.25) is 24.0 Å². The SMILES string of the molecule is CCCCCCCC(=O)N1CCCN(S(=O)(=O)c2ccc(C(=O)N3C[C@@H](C(=O)N[C@H]4C[C@@H]4c4ccccc4)[C@H](C(=O)N[C@H]4C[C@@H]4c4ccccc4)C3)cc2)CC1C(=O)NCCCCCC. The molecule has 350 valence electrons. The van der Waals surface area contributed by atoms with Gasteiger partial charge in [-0.05, 0) is 67.5 Å². The van der Waals surface area contributed by atoms with E-state index in [2.05, 4.69) is 29.8 Å². The fourth-order valence-electron chi connectivity index (χ4n) is 9.63. The van der Waals surface area contributed by atoms with E-state index in [1.807, 2.05) is 60.7 Å². The molecule has 0 bridgehead atoms. The summed E-state index contributed by atoms with van der Waals surface area (Å²) in [7, 11) is -4.14. The first-order chi connectivity index (χ1) is 31.5. The van der Waals surface area contributed by atoms with Gasteiger partial charge in [-0.2, -0.15) is 4.31 Å². The molecule has 0 radical (unpaired) electrons. The second kappa shape index (κ2) is 22.4. The highest BCUT2D eigenvalue weighted by atomic mass is 32.2. The van der Waals surface area contributed by atoms with Gasteiger partial charge in [0.2, 0.25) is 33.7 Å². The van der Waals surface area contributed by atoms with E-state index in [0.717, 1.165) is 81.8 Å². The van der Waals surface area contributed by atoms with Crippen LogP contribution in [0.2, 0.25) is 0 Å². The van der Waals surface area contributed by atoms with Crippen molar-refractivity contribution < 1.29 is 32.4 Å². The molecule has 14 heteroatoms. The molecule has 2 aliphatic heterocycles. The minimum absolute atomic E-state index is 0.0331. The molecule has 13 nitrogen and oxygen atoms in total. The van der Waals surface area contributed by atoms with E-state index in [1.54, 1.807) is 4.90 Å². The third kappa shape index (κ3) is 12.2. The van der Waals surface area contributed by atoms with Crippen molar-refractivity contribution in [2.24, 2.45) is 11.8 Å². The van der Waals surface area contributed by atoms with Crippen LogP contribution >= 0.6 is 0 Å². The first-order valence-electron chi connectivity index (χ1n) is 24.2. The fraction of sp³-hybridized carbons (Fsp3) is 0.549. The molecule has 1 unspecified atom stereocenters.